The summed E-state index contributed by atoms with van der Waals surface area (Å²) < 4.78 is 0. The molecule has 0 aromatic rings. The number of aliphatic carboxylic acids is 1. The molecule has 5 heteroatoms. The summed E-state index contributed by atoms with van der Waals surface area (Å²) in [5.74, 6) is -0.469. The molecule has 0 spiro atoms. The van der Waals surface area contributed by atoms with E-state index in [1.54, 1.807) is 4.90 Å². The van der Waals surface area contributed by atoms with E-state index in [-0.39, 0.29) is 17.6 Å². The van der Waals surface area contributed by atoms with Crippen LogP contribution in [0.25, 0.3) is 0 Å². The Kier molecular flexibility index (Phi) is 3.84. The average Bonchev–Trinajstić information content (AvgIpc) is 2.82. The van der Waals surface area contributed by atoms with Gasteiger partial charge in [-0.15, -0.1) is 0 Å². The van der Waals surface area contributed by atoms with E-state index in [4.69, 9.17) is 0 Å². The van der Waals surface area contributed by atoms with Crippen LogP contribution < -0.4 is 5.32 Å². The van der Waals surface area contributed by atoms with E-state index in [2.05, 4.69) is 12.2 Å². The van der Waals surface area contributed by atoms with Crippen molar-refractivity contribution in [2.24, 2.45) is 5.92 Å². The van der Waals surface area contributed by atoms with Gasteiger partial charge in [0, 0.05) is 11.6 Å². The quantitative estimate of drug-likeness (QED) is 0.841. The van der Waals surface area contributed by atoms with E-state index < -0.39 is 12.0 Å². The van der Waals surface area contributed by atoms with E-state index in [0.29, 0.717) is 12.3 Å². The molecular formula is C16H26N2O3. The van der Waals surface area contributed by atoms with E-state index in [0.717, 1.165) is 44.9 Å². The SMILES string of the molecule is CCC1(NC(=O)N2C(C(=O)O)CC3CCCCC32)CCC1. The van der Waals surface area contributed by atoms with Crippen molar-refractivity contribution >= 4 is 12.0 Å². The number of carboxylic acids is 1. The van der Waals surface area contributed by atoms with Crippen LogP contribution in [-0.2, 0) is 4.79 Å². The highest BCUT2D eigenvalue weighted by molar-refractivity contribution is 5.84. The van der Waals surface area contributed by atoms with Crippen LogP contribution in [0.1, 0.15) is 64.7 Å². The van der Waals surface area contributed by atoms with Crippen molar-refractivity contribution in [2.75, 3.05) is 0 Å². The Balaban J connectivity index is 1.76. The zero-order valence-corrected chi connectivity index (χ0v) is 12.8. The first-order valence-electron chi connectivity index (χ1n) is 8.39. The lowest BCUT2D eigenvalue weighted by Crippen LogP contribution is -2.59. The summed E-state index contributed by atoms with van der Waals surface area (Å²) in [6.45, 7) is 2.10. The lowest BCUT2D eigenvalue weighted by atomic mass is 9.75. The van der Waals surface area contributed by atoms with Crippen LogP contribution in [0.15, 0.2) is 0 Å². The Hall–Kier alpha value is -1.26. The van der Waals surface area contributed by atoms with E-state index in [1.165, 1.54) is 6.42 Å². The standard InChI is InChI=1S/C16H26N2O3/c1-2-16(8-5-9-16)17-15(21)18-12-7-4-3-6-11(12)10-13(18)14(19)20/h11-13H,2-10H2,1H3,(H,17,21)(H,19,20). The highest BCUT2D eigenvalue weighted by atomic mass is 16.4. The minimum atomic E-state index is -0.848. The molecule has 2 saturated carbocycles. The number of urea groups is 1. The third-order valence-corrected chi connectivity index (χ3v) is 5.97. The number of carboxylic acid groups (broad SMARTS) is 1. The number of nitrogens with zero attached hydrogens (tertiary/aromatic N) is 1. The molecule has 21 heavy (non-hydrogen) atoms. The molecule has 2 N–H and O–H groups in total. The first-order chi connectivity index (χ1) is 10.1. The van der Waals surface area contributed by atoms with Gasteiger partial charge in [0.1, 0.15) is 6.04 Å². The molecule has 3 aliphatic rings. The van der Waals surface area contributed by atoms with Gasteiger partial charge in [-0.2, -0.15) is 0 Å². The zero-order valence-electron chi connectivity index (χ0n) is 12.8. The van der Waals surface area contributed by atoms with Crippen LogP contribution in [0.4, 0.5) is 4.79 Å². The van der Waals surface area contributed by atoms with Gasteiger partial charge < -0.3 is 15.3 Å². The number of fused-ring (bicyclic) bond motifs is 1. The number of likely N-dealkylation sites (tertiary alicyclic amines) is 1. The summed E-state index contributed by atoms with van der Waals surface area (Å²) in [5.41, 5.74) is -0.0765. The Morgan fingerprint density at radius 2 is 1.95 bits per heavy atom. The van der Waals surface area contributed by atoms with Crippen molar-refractivity contribution < 1.29 is 14.7 Å². The smallest absolute Gasteiger partial charge is 0.326 e. The molecule has 118 valence electrons. The molecule has 0 radical (unpaired) electrons. The molecule has 3 rings (SSSR count). The molecule has 3 unspecified atom stereocenters. The summed E-state index contributed by atoms with van der Waals surface area (Å²) in [7, 11) is 0. The monoisotopic (exact) mass is 294 g/mol. The fourth-order valence-electron chi connectivity index (χ4n) is 4.43. The van der Waals surface area contributed by atoms with Gasteiger partial charge in [0.25, 0.3) is 0 Å². The zero-order chi connectivity index (χ0) is 15.0. The molecule has 0 bridgehead atoms. The van der Waals surface area contributed by atoms with Gasteiger partial charge >= 0.3 is 12.0 Å². The highest BCUT2D eigenvalue weighted by Gasteiger charge is 2.49. The fraction of sp³-hybridized carbons (Fsp3) is 0.875. The number of carbonyl (C=O) groups excluding carboxylic acids is 1. The lowest BCUT2D eigenvalue weighted by Gasteiger charge is -2.44. The van der Waals surface area contributed by atoms with Crippen molar-refractivity contribution in [3.8, 4) is 0 Å². The molecule has 1 saturated heterocycles. The predicted octanol–water partition coefficient (Wildman–Crippen LogP) is 2.75. The Morgan fingerprint density at radius 3 is 2.52 bits per heavy atom. The molecular weight excluding hydrogens is 268 g/mol. The number of hydrogen-bond acceptors (Lipinski definition) is 2. The van der Waals surface area contributed by atoms with Crippen LogP contribution in [0.3, 0.4) is 0 Å². The summed E-state index contributed by atoms with van der Waals surface area (Å²) in [6, 6.07) is -0.640. The largest absolute Gasteiger partial charge is 0.480 e. The number of hydrogen-bond donors (Lipinski definition) is 2. The number of rotatable bonds is 3. The number of nitrogens with one attached hydrogen (secondary N) is 1. The van der Waals surface area contributed by atoms with Gasteiger partial charge in [0.15, 0.2) is 0 Å². The van der Waals surface area contributed by atoms with Crippen LogP contribution in [-0.4, -0.2) is 39.6 Å². The second kappa shape index (κ2) is 5.50. The molecule has 0 aromatic carbocycles. The molecule has 3 atom stereocenters. The Bertz CT molecular complexity index is 428. The summed E-state index contributed by atoms with van der Waals surface area (Å²) in [6.07, 6.45) is 9.06. The van der Waals surface area contributed by atoms with Crippen LogP contribution in [0.5, 0.6) is 0 Å². The van der Waals surface area contributed by atoms with Crippen molar-refractivity contribution in [3.63, 3.8) is 0 Å². The fourth-order valence-corrected chi connectivity index (χ4v) is 4.43. The maximum atomic E-state index is 12.7. The molecule has 5 nitrogen and oxygen atoms in total. The summed E-state index contributed by atoms with van der Waals surface area (Å²) in [4.78, 5) is 26.0. The highest BCUT2D eigenvalue weighted by Crippen LogP contribution is 2.41. The second-order valence-electron chi connectivity index (χ2n) is 7.03. The van der Waals surface area contributed by atoms with Crippen molar-refractivity contribution in [2.45, 2.75) is 82.3 Å². The minimum Gasteiger partial charge on any atom is -0.480 e. The number of amides is 2. The van der Waals surface area contributed by atoms with E-state index in [9.17, 15) is 14.7 Å². The Labute approximate surface area is 126 Å². The first-order valence-corrected chi connectivity index (χ1v) is 8.39. The molecule has 3 fully saturated rings. The molecule has 2 amide bonds. The van der Waals surface area contributed by atoms with Crippen LogP contribution in [0.2, 0.25) is 0 Å². The molecule has 1 heterocycles. The van der Waals surface area contributed by atoms with Crippen molar-refractivity contribution in [1.29, 1.82) is 0 Å². The van der Waals surface area contributed by atoms with Crippen LogP contribution >= 0.6 is 0 Å². The van der Waals surface area contributed by atoms with Crippen molar-refractivity contribution in [1.82, 2.24) is 10.2 Å². The predicted molar refractivity (Wildman–Crippen MR) is 79.0 cm³/mol. The Morgan fingerprint density at radius 1 is 1.24 bits per heavy atom. The topological polar surface area (TPSA) is 69.6 Å². The van der Waals surface area contributed by atoms with Gasteiger partial charge in [0.2, 0.25) is 0 Å². The van der Waals surface area contributed by atoms with Gasteiger partial charge in [-0.05, 0) is 50.9 Å². The van der Waals surface area contributed by atoms with Crippen molar-refractivity contribution in [3.05, 3.63) is 0 Å². The van der Waals surface area contributed by atoms with Gasteiger partial charge in [-0.3, -0.25) is 0 Å². The molecule has 2 aliphatic carbocycles. The third kappa shape index (κ3) is 2.51. The minimum absolute atomic E-state index is 0.0765. The van der Waals surface area contributed by atoms with E-state index >= 15 is 0 Å². The van der Waals surface area contributed by atoms with E-state index in [1.807, 2.05) is 0 Å². The van der Waals surface area contributed by atoms with Gasteiger partial charge in [0.05, 0.1) is 0 Å². The maximum Gasteiger partial charge on any atom is 0.326 e. The first kappa shape index (κ1) is 14.7. The molecule has 1 aliphatic heterocycles. The molecule has 0 aromatic heterocycles. The third-order valence-electron chi connectivity index (χ3n) is 5.97. The number of carbonyl (C=O) groups is 2. The van der Waals surface area contributed by atoms with Gasteiger partial charge in [-0.1, -0.05) is 19.8 Å². The second-order valence-corrected chi connectivity index (χ2v) is 7.03. The normalized spacial score (nSPS) is 34.0. The van der Waals surface area contributed by atoms with Crippen LogP contribution in [0, 0.1) is 5.92 Å². The maximum absolute atomic E-state index is 12.7. The summed E-state index contributed by atoms with van der Waals surface area (Å²) >= 11 is 0. The lowest BCUT2D eigenvalue weighted by molar-refractivity contribution is -0.141. The summed E-state index contributed by atoms with van der Waals surface area (Å²) in [5, 5.41) is 12.6. The average molecular weight is 294 g/mol. The van der Waals surface area contributed by atoms with Gasteiger partial charge in [-0.25, -0.2) is 9.59 Å².